The van der Waals surface area contributed by atoms with Crippen molar-refractivity contribution >= 4 is 23.2 Å². The number of hydrogen-bond acceptors (Lipinski definition) is 4. The number of carbonyl (C=O) groups is 2. The highest BCUT2D eigenvalue weighted by molar-refractivity contribution is 7.13. The summed E-state index contributed by atoms with van der Waals surface area (Å²) in [4.78, 5) is 25.8. The molecule has 0 bridgehead atoms. The third-order valence-electron chi connectivity index (χ3n) is 1.99. The molecule has 0 aromatic carbocycles. The van der Waals surface area contributed by atoms with Crippen LogP contribution in [0.4, 0.5) is 0 Å². The van der Waals surface area contributed by atoms with Gasteiger partial charge in [0.1, 0.15) is 11.5 Å². The van der Waals surface area contributed by atoms with Gasteiger partial charge in [-0.25, -0.2) is 4.79 Å². The quantitative estimate of drug-likeness (QED) is 0.754. The second-order valence-electron chi connectivity index (χ2n) is 3.58. The molecule has 5 heteroatoms. The Morgan fingerprint density at radius 2 is 2.06 bits per heavy atom. The molecule has 1 rings (SSSR count). The van der Waals surface area contributed by atoms with E-state index in [1.165, 1.54) is 16.2 Å². The van der Waals surface area contributed by atoms with E-state index in [2.05, 4.69) is 0 Å². The monoisotopic (exact) mass is 241 g/mol. The van der Waals surface area contributed by atoms with E-state index in [0.29, 0.717) is 4.88 Å². The van der Waals surface area contributed by atoms with Gasteiger partial charge in [-0.15, -0.1) is 11.3 Å². The number of carbonyl (C=O) groups excluding carboxylic acids is 2. The molecule has 0 aliphatic carbocycles. The highest BCUT2D eigenvalue weighted by atomic mass is 32.1. The molecule has 1 amide bonds. The van der Waals surface area contributed by atoms with E-state index in [4.69, 9.17) is 4.74 Å². The Balaban J connectivity index is 2.34. The number of nitrogens with zero attached hydrogens (tertiary/aromatic N) is 1. The molecule has 1 aromatic heterocycles. The maximum atomic E-state index is 11.5. The van der Waals surface area contributed by atoms with Crippen molar-refractivity contribution in [1.29, 1.82) is 0 Å². The Kier molecular flexibility index (Phi) is 4.49. The van der Waals surface area contributed by atoms with Crippen molar-refractivity contribution < 1.29 is 14.3 Å². The van der Waals surface area contributed by atoms with Gasteiger partial charge in [0.05, 0.1) is 6.42 Å². The van der Waals surface area contributed by atoms with Gasteiger partial charge in [-0.3, -0.25) is 4.79 Å². The number of thiophene rings is 1. The molecular weight excluding hydrogens is 226 g/mol. The molecule has 16 heavy (non-hydrogen) atoms. The smallest absolute Gasteiger partial charge is 0.348 e. The molecule has 1 heterocycles. The van der Waals surface area contributed by atoms with Gasteiger partial charge in [-0.05, 0) is 19.1 Å². The highest BCUT2D eigenvalue weighted by Gasteiger charge is 2.10. The molecule has 0 aliphatic rings. The first kappa shape index (κ1) is 12.7. The fourth-order valence-corrected chi connectivity index (χ4v) is 1.83. The molecule has 0 saturated heterocycles. The van der Waals surface area contributed by atoms with E-state index in [1.54, 1.807) is 20.2 Å². The van der Waals surface area contributed by atoms with Crippen LogP contribution in [0.15, 0.2) is 12.1 Å². The predicted molar refractivity (Wildman–Crippen MR) is 62.6 cm³/mol. The average molecular weight is 241 g/mol. The molecule has 0 aliphatic heterocycles. The Morgan fingerprint density at radius 1 is 1.38 bits per heavy atom. The molecule has 0 atom stereocenters. The summed E-state index contributed by atoms with van der Waals surface area (Å²) in [6.45, 7) is 2.06. The third kappa shape index (κ3) is 3.66. The number of esters is 1. The van der Waals surface area contributed by atoms with Crippen molar-refractivity contribution in [3.05, 3.63) is 21.9 Å². The van der Waals surface area contributed by atoms with Gasteiger partial charge in [-0.2, -0.15) is 0 Å². The van der Waals surface area contributed by atoms with Crippen LogP contribution in [0.3, 0.4) is 0 Å². The first-order valence-electron chi connectivity index (χ1n) is 4.94. The van der Waals surface area contributed by atoms with Crippen molar-refractivity contribution in [3.8, 4) is 0 Å². The Morgan fingerprint density at radius 3 is 2.56 bits per heavy atom. The van der Waals surface area contributed by atoms with Crippen LogP contribution < -0.4 is 0 Å². The summed E-state index contributed by atoms with van der Waals surface area (Å²) < 4.78 is 4.99. The molecule has 0 unspecified atom stereocenters. The molecule has 4 nitrogen and oxygen atoms in total. The molecule has 0 N–H and O–H groups in total. The summed E-state index contributed by atoms with van der Waals surface area (Å²) in [5.74, 6) is -0.403. The van der Waals surface area contributed by atoms with Gasteiger partial charge in [0.25, 0.3) is 0 Å². The van der Waals surface area contributed by atoms with Crippen LogP contribution in [-0.2, 0) is 9.53 Å². The van der Waals surface area contributed by atoms with Gasteiger partial charge >= 0.3 is 5.97 Å². The summed E-state index contributed by atoms with van der Waals surface area (Å²) in [7, 11) is 3.35. The number of hydrogen-bond donors (Lipinski definition) is 0. The lowest BCUT2D eigenvalue weighted by atomic mass is 10.4. The molecule has 0 spiro atoms. The first-order chi connectivity index (χ1) is 7.50. The highest BCUT2D eigenvalue weighted by Crippen LogP contribution is 2.15. The topological polar surface area (TPSA) is 46.6 Å². The van der Waals surface area contributed by atoms with Crippen molar-refractivity contribution in [1.82, 2.24) is 4.90 Å². The largest absolute Gasteiger partial charge is 0.461 e. The van der Waals surface area contributed by atoms with Crippen LogP contribution >= 0.6 is 11.3 Å². The van der Waals surface area contributed by atoms with Crippen molar-refractivity contribution in [2.45, 2.75) is 13.3 Å². The lowest BCUT2D eigenvalue weighted by Crippen LogP contribution is -2.23. The summed E-state index contributed by atoms with van der Waals surface area (Å²) in [5.41, 5.74) is 0. The van der Waals surface area contributed by atoms with E-state index in [-0.39, 0.29) is 24.9 Å². The normalized spacial score (nSPS) is 9.94. The summed E-state index contributed by atoms with van der Waals surface area (Å²) >= 11 is 1.39. The minimum Gasteiger partial charge on any atom is -0.461 e. The predicted octanol–water partition coefficient (Wildman–Crippen LogP) is 1.69. The number of amides is 1. The van der Waals surface area contributed by atoms with Gasteiger partial charge in [0, 0.05) is 19.0 Å². The van der Waals surface area contributed by atoms with Crippen molar-refractivity contribution in [2.24, 2.45) is 0 Å². The van der Waals surface area contributed by atoms with Crippen LogP contribution in [0.2, 0.25) is 0 Å². The van der Waals surface area contributed by atoms with Crippen LogP contribution in [-0.4, -0.2) is 37.5 Å². The zero-order chi connectivity index (χ0) is 12.1. The first-order valence-corrected chi connectivity index (χ1v) is 5.76. The van der Waals surface area contributed by atoms with Crippen molar-refractivity contribution in [3.63, 3.8) is 0 Å². The van der Waals surface area contributed by atoms with Crippen molar-refractivity contribution in [2.75, 3.05) is 20.7 Å². The molecule has 0 fully saturated rings. The summed E-state index contributed by atoms with van der Waals surface area (Å²) in [5, 5.41) is 0. The van der Waals surface area contributed by atoms with Gasteiger partial charge in [0.2, 0.25) is 5.91 Å². The second kappa shape index (κ2) is 5.65. The molecule has 0 saturated carbocycles. The van der Waals surface area contributed by atoms with E-state index < -0.39 is 0 Å². The van der Waals surface area contributed by atoms with Crippen LogP contribution in [0.5, 0.6) is 0 Å². The lowest BCUT2D eigenvalue weighted by Gasteiger charge is -2.09. The number of ether oxygens (including phenoxy) is 1. The molecule has 1 aromatic rings. The minimum atomic E-state index is -0.357. The average Bonchev–Trinajstić information content (AvgIpc) is 2.64. The van der Waals surface area contributed by atoms with E-state index >= 15 is 0 Å². The SMILES string of the molecule is Cc1ccc(C(=O)OCCC(=O)N(C)C)s1. The van der Waals surface area contributed by atoms with E-state index in [1.807, 2.05) is 13.0 Å². The zero-order valence-electron chi connectivity index (χ0n) is 9.65. The zero-order valence-corrected chi connectivity index (χ0v) is 10.5. The fourth-order valence-electron chi connectivity index (χ4n) is 1.07. The Bertz CT molecular complexity index is 384. The van der Waals surface area contributed by atoms with Gasteiger partial charge < -0.3 is 9.64 Å². The van der Waals surface area contributed by atoms with Gasteiger partial charge in [0.15, 0.2) is 0 Å². The third-order valence-corrected chi connectivity index (χ3v) is 2.97. The Labute approximate surface area is 98.8 Å². The Hall–Kier alpha value is -1.36. The number of aryl methyl sites for hydroxylation is 1. The second-order valence-corrected chi connectivity index (χ2v) is 4.87. The fraction of sp³-hybridized carbons (Fsp3) is 0.455. The maximum absolute atomic E-state index is 11.5. The minimum absolute atomic E-state index is 0.0461. The summed E-state index contributed by atoms with van der Waals surface area (Å²) in [6.07, 6.45) is 0.225. The molecule has 88 valence electrons. The number of rotatable bonds is 4. The van der Waals surface area contributed by atoms with E-state index in [9.17, 15) is 9.59 Å². The molecule has 0 radical (unpaired) electrons. The standard InChI is InChI=1S/C11H15NO3S/c1-8-4-5-9(16-8)11(14)15-7-6-10(13)12(2)3/h4-5H,6-7H2,1-3H3. The van der Waals surface area contributed by atoms with Crippen LogP contribution in [0.25, 0.3) is 0 Å². The van der Waals surface area contributed by atoms with Crippen LogP contribution in [0, 0.1) is 6.92 Å². The lowest BCUT2D eigenvalue weighted by molar-refractivity contribution is -0.129. The van der Waals surface area contributed by atoms with E-state index in [0.717, 1.165) is 4.88 Å². The molecular formula is C11H15NO3S. The maximum Gasteiger partial charge on any atom is 0.348 e. The van der Waals surface area contributed by atoms with Gasteiger partial charge in [-0.1, -0.05) is 0 Å². The van der Waals surface area contributed by atoms with Crippen LogP contribution in [0.1, 0.15) is 21.0 Å². The summed E-state index contributed by atoms with van der Waals surface area (Å²) in [6, 6.07) is 3.60.